The third-order valence-corrected chi connectivity index (χ3v) is 3.93. The lowest BCUT2D eigenvalue weighted by Gasteiger charge is -2.17. The molecule has 0 aliphatic carbocycles. The van der Waals surface area contributed by atoms with Crippen molar-refractivity contribution in [2.24, 2.45) is 5.92 Å². The van der Waals surface area contributed by atoms with Crippen molar-refractivity contribution < 1.29 is 9.53 Å². The molecule has 2 rings (SSSR count). The fraction of sp³-hybridized carbons (Fsp3) is 0.562. The van der Waals surface area contributed by atoms with Gasteiger partial charge >= 0.3 is 0 Å². The molecule has 1 heterocycles. The van der Waals surface area contributed by atoms with Crippen LogP contribution in [0.5, 0.6) is 5.75 Å². The highest BCUT2D eigenvalue weighted by Crippen LogP contribution is 2.21. The Hall–Kier alpha value is -1.55. The predicted octanol–water partition coefficient (Wildman–Crippen LogP) is 1.70. The van der Waals surface area contributed by atoms with Crippen LogP contribution >= 0.6 is 0 Å². The first-order valence-electron chi connectivity index (χ1n) is 7.29. The van der Waals surface area contributed by atoms with Crippen molar-refractivity contribution >= 4 is 5.91 Å². The number of amides is 1. The quantitative estimate of drug-likeness (QED) is 0.860. The summed E-state index contributed by atoms with van der Waals surface area (Å²) < 4.78 is 5.32. The topological polar surface area (TPSA) is 41.6 Å². The van der Waals surface area contributed by atoms with Crippen LogP contribution in [-0.4, -0.2) is 44.6 Å². The summed E-state index contributed by atoms with van der Waals surface area (Å²) in [4.78, 5) is 14.2. The lowest BCUT2D eigenvalue weighted by Crippen LogP contribution is -2.30. The van der Waals surface area contributed by atoms with Crippen LogP contribution in [0.25, 0.3) is 0 Å². The van der Waals surface area contributed by atoms with Crippen LogP contribution in [0.1, 0.15) is 18.4 Å². The zero-order valence-corrected chi connectivity index (χ0v) is 12.4. The summed E-state index contributed by atoms with van der Waals surface area (Å²) in [7, 11) is 3.63. The molecule has 1 amide bonds. The molecule has 4 nitrogen and oxygen atoms in total. The van der Waals surface area contributed by atoms with Gasteiger partial charge in [-0.3, -0.25) is 4.79 Å². The molecule has 1 aromatic carbocycles. The van der Waals surface area contributed by atoms with E-state index in [4.69, 9.17) is 4.74 Å². The second-order valence-electron chi connectivity index (χ2n) is 5.36. The number of rotatable bonds is 6. The Balaban J connectivity index is 1.83. The Morgan fingerprint density at radius 1 is 1.45 bits per heavy atom. The lowest BCUT2D eigenvalue weighted by molar-refractivity contribution is -0.130. The maximum absolute atomic E-state index is 12.2. The average Bonchev–Trinajstić information content (AvgIpc) is 2.94. The fourth-order valence-corrected chi connectivity index (χ4v) is 2.82. The van der Waals surface area contributed by atoms with Gasteiger partial charge in [-0.05, 0) is 44.0 Å². The molecule has 1 aliphatic heterocycles. The molecule has 0 saturated carbocycles. The number of hydrogen-bond donors (Lipinski definition) is 1. The fourth-order valence-electron chi connectivity index (χ4n) is 2.82. The molecule has 4 heteroatoms. The summed E-state index contributed by atoms with van der Waals surface area (Å²) in [6.07, 6.45) is 2.42. The van der Waals surface area contributed by atoms with E-state index in [2.05, 4.69) is 5.32 Å². The van der Waals surface area contributed by atoms with E-state index in [1.165, 1.54) is 0 Å². The lowest BCUT2D eigenvalue weighted by atomic mass is 10.1. The molecule has 0 aromatic heterocycles. The first-order valence-corrected chi connectivity index (χ1v) is 7.29. The number of methoxy groups -OCH3 is 1. The second kappa shape index (κ2) is 7.29. The van der Waals surface area contributed by atoms with Crippen molar-refractivity contribution in [1.29, 1.82) is 0 Å². The number of hydrogen-bond acceptors (Lipinski definition) is 3. The molecule has 1 atom stereocenters. The van der Waals surface area contributed by atoms with Crippen LogP contribution in [0.3, 0.4) is 0 Å². The molecular weight excluding hydrogens is 252 g/mol. The Bertz CT molecular complexity index is 448. The van der Waals surface area contributed by atoms with Crippen LogP contribution in [0, 0.1) is 5.92 Å². The van der Waals surface area contributed by atoms with E-state index >= 15 is 0 Å². The van der Waals surface area contributed by atoms with Crippen LogP contribution in [0.2, 0.25) is 0 Å². The second-order valence-corrected chi connectivity index (χ2v) is 5.36. The van der Waals surface area contributed by atoms with Gasteiger partial charge in [0.2, 0.25) is 5.91 Å². The molecule has 1 aliphatic rings. The third-order valence-electron chi connectivity index (χ3n) is 3.93. The number of carbonyl (C=O) groups excluding carboxylic acids is 1. The number of ether oxygens (including phenoxy) is 1. The summed E-state index contributed by atoms with van der Waals surface area (Å²) in [5.41, 5.74) is 1.11. The van der Waals surface area contributed by atoms with Gasteiger partial charge in [-0.2, -0.15) is 0 Å². The summed E-state index contributed by atoms with van der Waals surface area (Å²) in [5, 5.41) is 3.19. The zero-order valence-electron chi connectivity index (χ0n) is 12.4. The van der Waals surface area contributed by atoms with Gasteiger partial charge in [0.15, 0.2) is 0 Å². The summed E-state index contributed by atoms with van der Waals surface area (Å²) >= 11 is 0. The highest BCUT2D eigenvalue weighted by Gasteiger charge is 2.25. The number of benzene rings is 1. The molecule has 110 valence electrons. The zero-order chi connectivity index (χ0) is 14.4. The van der Waals surface area contributed by atoms with E-state index in [0.29, 0.717) is 12.3 Å². The first-order chi connectivity index (χ1) is 9.74. The first kappa shape index (κ1) is 14.9. The largest absolute Gasteiger partial charge is 0.496 e. The van der Waals surface area contributed by atoms with Gasteiger partial charge in [0, 0.05) is 19.5 Å². The SMILES string of the molecule is CNCC1CCN(C(=O)CCc2ccccc2OC)C1. The highest BCUT2D eigenvalue weighted by atomic mass is 16.5. The van der Waals surface area contributed by atoms with Gasteiger partial charge in [0.25, 0.3) is 0 Å². The van der Waals surface area contributed by atoms with Gasteiger partial charge in [0.05, 0.1) is 7.11 Å². The van der Waals surface area contributed by atoms with E-state index < -0.39 is 0 Å². The minimum absolute atomic E-state index is 0.259. The van der Waals surface area contributed by atoms with Crippen LogP contribution in [-0.2, 0) is 11.2 Å². The van der Waals surface area contributed by atoms with E-state index in [0.717, 1.165) is 43.8 Å². The van der Waals surface area contributed by atoms with Crippen molar-refractivity contribution in [3.63, 3.8) is 0 Å². The number of para-hydroxylation sites is 1. The maximum Gasteiger partial charge on any atom is 0.222 e. The van der Waals surface area contributed by atoms with Gasteiger partial charge in [-0.15, -0.1) is 0 Å². The Morgan fingerprint density at radius 3 is 3.00 bits per heavy atom. The summed E-state index contributed by atoms with van der Waals surface area (Å²) in [5.74, 6) is 1.74. The van der Waals surface area contributed by atoms with Crippen LogP contribution in [0.15, 0.2) is 24.3 Å². The van der Waals surface area contributed by atoms with Crippen molar-refractivity contribution in [3.05, 3.63) is 29.8 Å². The summed E-state index contributed by atoms with van der Waals surface area (Å²) in [6.45, 7) is 2.79. The third kappa shape index (κ3) is 3.73. The van der Waals surface area contributed by atoms with Crippen LogP contribution < -0.4 is 10.1 Å². The van der Waals surface area contributed by atoms with Crippen molar-refractivity contribution in [1.82, 2.24) is 10.2 Å². The van der Waals surface area contributed by atoms with E-state index in [-0.39, 0.29) is 5.91 Å². The minimum Gasteiger partial charge on any atom is -0.496 e. The summed E-state index contributed by atoms with van der Waals surface area (Å²) in [6, 6.07) is 7.91. The number of nitrogens with zero attached hydrogens (tertiary/aromatic N) is 1. The highest BCUT2D eigenvalue weighted by molar-refractivity contribution is 5.76. The molecule has 1 fully saturated rings. The number of aryl methyl sites for hydroxylation is 1. The van der Waals surface area contributed by atoms with Crippen molar-refractivity contribution in [3.8, 4) is 5.75 Å². The van der Waals surface area contributed by atoms with Crippen molar-refractivity contribution in [2.75, 3.05) is 33.8 Å². The van der Waals surface area contributed by atoms with Crippen LogP contribution in [0.4, 0.5) is 0 Å². The number of carbonyl (C=O) groups is 1. The van der Waals surface area contributed by atoms with Gasteiger partial charge < -0.3 is 15.0 Å². The standard InChI is InChI=1S/C16H24N2O2/c1-17-11-13-9-10-18(12-13)16(19)8-7-14-5-3-4-6-15(14)20-2/h3-6,13,17H,7-12H2,1-2H3. The molecule has 1 unspecified atom stereocenters. The smallest absolute Gasteiger partial charge is 0.222 e. The predicted molar refractivity (Wildman–Crippen MR) is 79.9 cm³/mol. The molecule has 1 aromatic rings. The number of nitrogens with one attached hydrogen (secondary N) is 1. The van der Waals surface area contributed by atoms with Crippen molar-refractivity contribution in [2.45, 2.75) is 19.3 Å². The molecular formula is C16H24N2O2. The maximum atomic E-state index is 12.2. The molecule has 1 saturated heterocycles. The monoisotopic (exact) mass is 276 g/mol. The van der Waals surface area contributed by atoms with Gasteiger partial charge in [0.1, 0.15) is 5.75 Å². The molecule has 20 heavy (non-hydrogen) atoms. The normalized spacial score (nSPS) is 18.3. The molecule has 0 spiro atoms. The van der Waals surface area contributed by atoms with Gasteiger partial charge in [-0.1, -0.05) is 18.2 Å². The molecule has 0 bridgehead atoms. The van der Waals surface area contributed by atoms with E-state index in [1.54, 1.807) is 7.11 Å². The van der Waals surface area contributed by atoms with Gasteiger partial charge in [-0.25, -0.2) is 0 Å². The van der Waals surface area contributed by atoms with E-state index in [9.17, 15) is 4.79 Å². The van der Waals surface area contributed by atoms with E-state index in [1.807, 2.05) is 36.2 Å². The molecule has 0 radical (unpaired) electrons. The Labute approximate surface area is 121 Å². The number of likely N-dealkylation sites (tertiary alicyclic amines) is 1. The molecule has 1 N–H and O–H groups in total. The minimum atomic E-state index is 0.259. The Kier molecular flexibility index (Phi) is 5.41. The average molecular weight is 276 g/mol. The Morgan fingerprint density at radius 2 is 2.25 bits per heavy atom.